The lowest BCUT2D eigenvalue weighted by Gasteiger charge is -2.33. The Labute approximate surface area is 135 Å². The van der Waals surface area contributed by atoms with Gasteiger partial charge in [0.25, 0.3) is 0 Å². The van der Waals surface area contributed by atoms with E-state index in [-0.39, 0.29) is 5.41 Å². The van der Waals surface area contributed by atoms with Crippen LogP contribution in [0.25, 0.3) is 0 Å². The van der Waals surface area contributed by atoms with Gasteiger partial charge in [0.15, 0.2) is 0 Å². The van der Waals surface area contributed by atoms with Crippen molar-refractivity contribution >= 4 is 0 Å². The van der Waals surface area contributed by atoms with Crippen molar-refractivity contribution in [2.24, 2.45) is 0 Å². The van der Waals surface area contributed by atoms with Gasteiger partial charge < -0.3 is 0 Å². The lowest BCUT2D eigenvalue weighted by Crippen LogP contribution is -2.27. The topological polar surface area (TPSA) is 0 Å². The normalized spacial score (nSPS) is 27.0. The molecule has 0 saturated carbocycles. The van der Waals surface area contributed by atoms with Gasteiger partial charge in [0.2, 0.25) is 0 Å². The molecule has 116 valence electrons. The molecule has 0 saturated heterocycles. The third kappa shape index (κ3) is 2.12. The largest absolute Gasteiger partial charge is 0.0645 e. The highest BCUT2D eigenvalue weighted by Gasteiger charge is 2.48. The quantitative estimate of drug-likeness (QED) is 0.644. The van der Waals surface area contributed by atoms with Crippen LogP contribution in [0.2, 0.25) is 0 Å². The van der Waals surface area contributed by atoms with Crippen LogP contribution < -0.4 is 0 Å². The maximum Gasteiger partial charge on any atom is 0.0211 e. The van der Waals surface area contributed by atoms with E-state index in [0.29, 0.717) is 5.41 Å². The monoisotopic (exact) mass is 292 g/mol. The van der Waals surface area contributed by atoms with E-state index in [1.807, 2.05) is 0 Å². The average Bonchev–Trinajstić information content (AvgIpc) is 2.78. The fourth-order valence-electron chi connectivity index (χ4n) is 4.47. The average molecular weight is 292 g/mol. The van der Waals surface area contributed by atoms with E-state index in [2.05, 4.69) is 77.1 Å². The molecule has 2 aromatic rings. The standard InChI is InChI=1S/C22H28/c1-6-21(5)15-22(7-2,18-10-8-9-16(3)13-18)19-12-11-17(4)14-20(19)21/h8-14H,6-7,15H2,1-5H3. The molecule has 3 rings (SSSR count). The number of rotatable bonds is 3. The van der Waals surface area contributed by atoms with Crippen LogP contribution in [0.3, 0.4) is 0 Å². The number of benzene rings is 2. The third-order valence-corrected chi connectivity index (χ3v) is 5.99. The summed E-state index contributed by atoms with van der Waals surface area (Å²) in [5.41, 5.74) is 7.87. The first kappa shape index (κ1) is 15.3. The molecule has 22 heavy (non-hydrogen) atoms. The highest BCUT2D eigenvalue weighted by Crippen LogP contribution is 2.56. The van der Waals surface area contributed by atoms with Crippen LogP contribution in [-0.2, 0) is 10.8 Å². The van der Waals surface area contributed by atoms with Crippen molar-refractivity contribution in [1.82, 2.24) is 0 Å². The molecule has 0 fully saturated rings. The molecule has 0 amide bonds. The molecule has 0 aromatic heterocycles. The number of hydrogen-bond donors (Lipinski definition) is 0. The SMILES string of the molecule is CCC1(C)CC(CC)(c2cccc(C)c2)c2ccc(C)cc21. The zero-order chi connectivity index (χ0) is 16.0. The van der Waals surface area contributed by atoms with Crippen LogP contribution in [0.4, 0.5) is 0 Å². The first-order valence-corrected chi connectivity index (χ1v) is 8.64. The maximum atomic E-state index is 2.46. The second-order valence-electron chi connectivity index (χ2n) is 7.45. The summed E-state index contributed by atoms with van der Waals surface area (Å²) in [7, 11) is 0. The van der Waals surface area contributed by atoms with Crippen molar-refractivity contribution in [2.45, 2.75) is 64.7 Å². The lowest BCUT2D eigenvalue weighted by molar-refractivity contribution is 0.358. The van der Waals surface area contributed by atoms with Crippen LogP contribution in [0.1, 0.15) is 67.9 Å². The Balaban J connectivity index is 2.27. The maximum absolute atomic E-state index is 2.46. The summed E-state index contributed by atoms with van der Waals surface area (Å²) in [4.78, 5) is 0. The van der Waals surface area contributed by atoms with Crippen LogP contribution in [0.5, 0.6) is 0 Å². The molecule has 1 aliphatic rings. The van der Waals surface area contributed by atoms with E-state index in [4.69, 9.17) is 0 Å². The molecule has 2 aromatic carbocycles. The highest BCUT2D eigenvalue weighted by atomic mass is 14.5. The molecule has 0 aliphatic heterocycles. The van der Waals surface area contributed by atoms with Crippen LogP contribution >= 0.6 is 0 Å². The summed E-state index contributed by atoms with van der Waals surface area (Å²) >= 11 is 0. The summed E-state index contributed by atoms with van der Waals surface area (Å²) in [6.07, 6.45) is 3.61. The van der Waals surface area contributed by atoms with Crippen molar-refractivity contribution in [3.8, 4) is 0 Å². The molecule has 0 radical (unpaired) electrons. The second kappa shape index (κ2) is 5.26. The minimum absolute atomic E-state index is 0.180. The molecule has 1 aliphatic carbocycles. The Bertz CT molecular complexity index is 697. The number of fused-ring (bicyclic) bond motifs is 1. The number of aryl methyl sites for hydroxylation is 2. The first-order valence-electron chi connectivity index (χ1n) is 8.64. The summed E-state index contributed by atoms with van der Waals surface area (Å²) in [5, 5.41) is 0. The lowest BCUT2D eigenvalue weighted by atomic mass is 9.70. The predicted octanol–water partition coefficient (Wildman–Crippen LogP) is 6.07. The second-order valence-corrected chi connectivity index (χ2v) is 7.45. The van der Waals surface area contributed by atoms with E-state index in [1.165, 1.54) is 36.0 Å². The molecule has 0 heterocycles. The van der Waals surface area contributed by atoms with Gasteiger partial charge >= 0.3 is 0 Å². The summed E-state index contributed by atoms with van der Waals surface area (Å²) < 4.78 is 0. The van der Waals surface area contributed by atoms with Gasteiger partial charge in [0, 0.05) is 5.41 Å². The van der Waals surface area contributed by atoms with Crippen molar-refractivity contribution in [3.05, 3.63) is 70.3 Å². The molecule has 0 spiro atoms. The Morgan fingerprint density at radius 1 is 0.864 bits per heavy atom. The minimum atomic E-state index is 0.180. The zero-order valence-electron chi connectivity index (χ0n) is 14.7. The Morgan fingerprint density at radius 2 is 1.59 bits per heavy atom. The van der Waals surface area contributed by atoms with Gasteiger partial charge in [-0.15, -0.1) is 0 Å². The molecular weight excluding hydrogens is 264 g/mol. The summed E-state index contributed by atoms with van der Waals surface area (Å²) in [6, 6.07) is 16.3. The van der Waals surface area contributed by atoms with Crippen molar-refractivity contribution in [2.75, 3.05) is 0 Å². The van der Waals surface area contributed by atoms with Crippen molar-refractivity contribution < 1.29 is 0 Å². The van der Waals surface area contributed by atoms with Gasteiger partial charge in [-0.3, -0.25) is 0 Å². The van der Waals surface area contributed by atoms with E-state index in [0.717, 1.165) is 0 Å². The fraction of sp³-hybridized carbons (Fsp3) is 0.455. The third-order valence-electron chi connectivity index (χ3n) is 5.99. The van der Waals surface area contributed by atoms with Crippen molar-refractivity contribution in [3.63, 3.8) is 0 Å². The molecule has 2 atom stereocenters. The van der Waals surface area contributed by atoms with E-state index in [9.17, 15) is 0 Å². The Kier molecular flexibility index (Phi) is 3.67. The van der Waals surface area contributed by atoms with Crippen molar-refractivity contribution in [1.29, 1.82) is 0 Å². The summed E-state index contributed by atoms with van der Waals surface area (Å²) in [5.74, 6) is 0. The molecule has 0 nitrogen and oxygen atoms in total. The predicted molar refractivity (Wildman–Crippen MR) is 95.7 cm³/mol. The molecule has 0 bridgehead atoms. The highest BCUT2D eigenvalue weighted by molar-refractivity contribution is 5.54. The van der Waals surface area contributed by atoms with E-state index >= 15 is 0 Å². The Hall–Kier alpha value is -1.56. The van der Waals surface area contributed by atoms with Crippen LogP contribution in [-0.4, -0.2) is 0 Å². The first-order chi connectivity index (χ1) is 10.4. The van der Waals surface area contributed by atoms with Crippen LogP contribution in [0, 0.1) is 13.8 Å². The van der Waals surface area contributed by atoms with Crippen LogP contribution in [0.15, 0.2) is 42.5 Å². The molecule has 0 heteroatoms. The van der Waals surface area contributed by atoms with Gasteiger partial charge in [-0.25, -0.2) is 0 Å². The van der Waals surface area contributed by atoms with Gasteiger partial charge in [0.1, 0.15) is 0 Å². The molecule has 2 unspecified atom stereocenters. The summed E-state index contributed by atoms with van der Waals surface area (Å²) in [6.45, 7) is 11.6. The van der Waals surface area contributed by atoms with E-state index < -0.39 is 0 Å². The van der Waals surface area contributed by atoms with E-state index in [1.54, 1.807) is 11.1 Å². The molecular formula is C22H28. The Morgan fingerprint density at radius 3 is 2.23 bits per heavy atom. The minimum Gasteiger partial charge on any atom is -0.0645 e. The van der Waals surface area contributed by atoms with Gasteiger partial charge in [-0.2, -0.15) is 0 Å². The number of hydrogen-bond acceptors (Lipinski definition) is 0. The van der Waals surface area contributed by atoms with Gasteiger partial charge in [-0.05, 0) is 55.2 Å². The van der Waals surface area contributed by atoms with Gasteiger partial charge in [0.05, 0.1) is 0 Å². The molecule has 0 N–H and O–H groups in total. The van der Waals surface area contributed by atoms with Gasteiger partial charge in [-0.1, -0.05) is 74.4 Å². The zero-order valence-corrected chi connectivity index (χ0v) is 14.7. The fourth-order valence-corrected chi connectivity index (χ4v) is 4.47. The smallest absolute Gasteiger partial charge is 0.0211 e.